The first-order valence-corrected chi connectivity index (χ1v) is 4.24. The van der Waals surface area contributed by atoms with Crippen LogP contribution in [0.5, 0.6) is 0 Å². The average molecular weight is 211 g/mol. The Morgan fingerprint density at radius 2 is 2.27 bits per heavy atom. The van der Waals surface area contributed by atoms with E-state index in [1.165, 1.54) is 0 Å². The Morgan fingerprint density at radius 1 is 1.55 bits per heavy atom. The van der Waals surface area contributed by atoms with Crippen LogP contribution in [0.25, 0.3) is 0 Å². The van der Waals surface area contributed by atoms with E-state index in [9.17, 15) is 0 Å². The van der Waals surface area contributed by atoms with E-state index < -0.39 is 0 Å². The van der Waals surface area contributed by atoms with Gasteiger partial charge < -0.3 is 5.73 Å². The number of nitrogens with zero attached hydrogens (tertiary/aromatic N) is 1. The van der Waals surface area contributed by atoms with Gasteiger partial charge in [-0.05, 0) is 17.7 Å². The van der Waals surface area contributed by atoms with Gasteiger partial charge in [-0.25, -0.2) is 0 Å². The summed E-state index contributed by atoms with van der Waals surface area (Å²) < 4.78 is 0. The number of rotatable bonds is 1. The average Bonchev–Trinajstić information content (AvgIpc) is 2.04. The molecule has 0 aliphatic rings. The molecule has 2 N–H and O–H groups in total. The molecule has 0 radical (unpaired) electrons. The Bertz CT molecular complexity index is 301. The van der Waals surface area contributed by atoms with Crippen molar-refractivity contribution in [3.05, 3.63) is 29.3 Å². The summed E-state index contributed by atoms with van der Waals surface area (Å²) in [4.78, 5) is 0. The van der Waals surface area contributed by atoms with Crippen LogP contribution in [0.2, 0.25) is 0 Å². The van der Waals surface area contributed by atoms with Crippen LogP contribution < -0.4 is 5.73 Å². The molecule has 0 unspecified atom stereocenters. The highest BCUT2D eigenvalue weighted by Crippen LogP contribution is 2.14. The minimum absolute atomic E-state index is 0.631. The number of nitrogen functional groups attached to an aromatic ring is 1. The Labute approximate surface area is 73.8 Å². The van der Waals surface area contributed by atoms with Crippen molar-refractivity contribution in [3.8, 4) is 6.07 Å². The molecule has 56 valence electrons. The van der Waals surface area contributed by atoms with Crippen LogP contribution in [0.15, 0.2) is 18.2 Å². The second-order valence-electron chi connectivity index (χ2n) is 2.16. The number of nitrogens with two attached hydrogens (primary N) is 1. The fraction of sp³-hybridized carbons (Fsp3) is 0.125. The lowest BCUT2D eigenvalue weighted by atomic mass is 10.1. The SMILES string of the molecule is N#Cc1cc(N)ccc1CBr. The zero-order valence-electron chi connectivity index (χ0n) is 5.84. The normalized spacial score (nSPS) is 9.09. The first kappa shape index (κ1) is 8.09. The number of hydrogen-bond acceptors (Lipinski definition) is 2. The lowest BCUT2D eigenvalue weighted by molar-refractivity contribution is 1.37. The largest absolute Gasteiger partial charge is 0.399 e. The third kappa shape index (κ3) is 1.72. The van der Waals surface area contributed by atoms with Crippen LogP contribution in [0.1, 0.15) is 11.1 Å². The van der Waals surface area contributed by atoms with Crippen LogP contribution in [-0.2, 0) is 5.33 Å². The minimum atomic E-state index is 0.631. The smallest absolute Gasteiger partial charge is 0.0995 e. The lowest BCUT2D eigenvalue weighted by Crippen LogP contribution is -1.89. The molecule has 0 aliphatic carbocycles. The minimum Gasteiger partial charge on any atom is -0.399 e. The van der Waals surface area contributed by atoms with Crippen LogP contribution in [0, 0.1) is 11.3 Å². The molecular formula is C8H7BrN2. The predicted molar refractivity (Wildman–Crippen MR) is 48.2 cm³/mol. The number of anilines is 1. The summed E-state index contributed by atoms with van der Waals surface area (Å²) in [6.07, 6.45) is 0. The Kier molecular flexibility index (Phi) is 2.50. The highest BCUT2D eigenvalue weighted by molar-refractivity contribution is 9.08. The standard InChI is InChI=1S/C8H7BrN2/c9-4-6-1-2-8(11)3-7(6)5-10/h1-3H,4,11H2. The molecule has 0 saturated heterocycles. The zero-order valence-corrected chi connectivity index (χ0v) is 7.43. The van der Waals surface area contributed by atoms with Gasteiger partial charge in [-0.15, -0.1) is 0 Å². The summed E-state index contributed by atoms with van der Waals surface area (Å²) in [6, 6.07) is 7.39. The van der Waals surface area contributed by atoms with E-state index >= 15 is 0 Å². The van der Waals surface area contributed by atoms with Crippen LogP contribution in [-0.4, -0.2) is 0 Å². The van der Waals surface area contributed by atoms with Crippen molar-refractivity contribution in [1.29, 1.82) is 5.26 Å². The highest BCUT2D eigenvalue weighted by atomic mass is 79.9. The first-order chi connectivity index (χ1) is 5.27. The van der Waals surface area contributed by atoms with Gasteiger partial charge in [0.05, 0.1) is 11.6 Å². The van der Waals surface area contributed by atoms with E-state index in [0.717, 1.165) is 5.56 Å². The van der Waals surface area contributed by atoms with Gasteiger partial charge >= 0.3 is 0 Å². The first-order valence-electron chi connectivity index (χ1n) is 3.12. The molecule has 0 atom stereocenters. The number of benzene rings is 1. The molecule has 0 fully saturated rings. The number of hydrogen-bond donors (Lipinski definition) is 1. The molecule has 0 heterocycles. The number of nitriles is 1. The van der Waals surface area contributed by atoms with Crippen molar-refractivity contribution in [2.75, 3.05) is 5.73 Å². The van der Waals surface area contributed by atoms with Crippen molar-refractivity contribution < 1.29 is 0 Å². The van der Waals surface area contributed by atoms with E-state index in [0.29, 0.717) is 16.6 Å². The van der Waals surface area contributed by atoms with Gasteiger partial charge in [-0.1, -0.05) is 22.0 Å². The lowest BCUT2D eigenvalue weighted by Gasteiger charge is -1.99. The predicted octanol–water partition coefficient (Wildman–Crippen LogP) is 2.04. The molecule has 11 heavy (non-hydrogen) atoms. The quantitative estimate of drug-likeness (QED) is 0.570. The third-order valence-corrected chi connectivity index (χ3v) is 2.00. The van der Waals surface area contributed by atoms with Crippen molar-refractivity contribution >= 4 is 21.6 Å². The maximum absolute atomic E-state index is 8.65. The Balaban J connectivity index is 3.19. The molecule has 0 aliphatic heterocycles. The zero-order chi connectivity index (χ0) is 8.27. The molecular weight excluding hydrogens is 204 g/mol. The summed E-state index contributed by atoms with van der Waals surface area (Å²) in [6.45, 7) is 0. The van der Waals surface area contributed by atoms with Crippen molar-refractivity contribution in [1.82, 2.24) is 0 Å². The van der Waals surface area contributed by atoms with Gasteiger partial charge in [-0.3, -0.25) is 0 Å². The van der Waals surface area contributed by atoms with Crippen LogP contribution in [0.4, 0.5) is 5.69 Å². The molecule has 0 aromatic heterocycles. The third-order valence-electron chi connectivity index (χ3n) is 1.40. The molecule has 1 rings (SSSR count). The Hall–Kier alpha value is -1.01. The van der Waals surface area contributed by atoms with E-state index in [1.54, 1.807) is 12.1 Å². The molecule has 0 amide bonds. The highest BCUT2D eigenvalue weighted by Gasteiger charge is 1.99. The molecule has 1 aromatic rings. The van der Waals surface area contributed by atoms with Gasteiger partial charge in [0.1, 0.15) is 0 Å². The van der Waals surface area contributed by atoms with E-state index in [4.69, 9.17) is 11.0 Å². The fourth-order valence-electron chi connectivity index (χ4n) is 0.815. The summed E-state index contributed by atoms with van der Waals surface area (Å²) in [7, 11) is 0. The van der Waals surface area contributed by atoms with Crippen LogP contribution >= 0.6 is 15.9 Å². The molecule has 0 bridgehead atoms. The fourth-order valence-corrected chi connectivity index (χ4v) is 1.30. The summed E-state index contributed by atoms with van der Waals surface area (Å²) in [5.74, 6) is 0. The summed E-state index contributed by atoms with van der Waals surface area (Å²) in [5.41, 5.74) is 7.74. The number of alkyl halides is 1. The van der Waals surface area contributed by atoms with Crippen LogP contribution in [0.3, 0.4) is 0 Å². The molecule has 1 aromatic carbocycles. The maximum Gasteiger partial charge on any atom is 0.0995 e. The number of halogens is 1. The summed E-state index contributed by atoms with van der Waals surface area (Å²) in [5, 5.41) is 9.34. The van der Waals surface area contributed by atoms with Gasteiger partial charge in [0.15, 0.2) is 0 Å². The van der Waals surface area contributed by atoms with E-state index in [1.807, 2.05) is 6.07 Å². The second-order valence-corrected chi connectivity index (χ2v) is 2.72. The summed E-state index contributed by atoms with van der Waals surface area (Å²) >= 11 is 3.28. The van der Waals surface area contributed by atoms with Gasteiger partial charge in [0, 0.05) is 11.0 Å². The molecule has 3 heteroatoms. The molecule has 0 saturated carbocycles. The second kappa shape index (κ2) is 3.40. The maximum atomic E-state index is 8.65. The van der Waals surface area contributed by atoms with Gasteiger partial charge in [0.2, 0.25) is 0 Å². The monoisotopic (exact) mass is 210 g/mol. The molecule has 0 spiro atoms. The Morgan fingerprint density at radius 3 is 2.82 bits per heavy atom. The molecule has 2 nitrogen and oxygen atoms in total. The van der Waals surface area contributed by atoms with Crippen molar-refractivity contribution in [2.24, 2.45) is 0 Å². The topological polar surface area (TPSA) is 49.8 Å². The van der Waals surface area contributed by atoms with Gasteiger partial charge in [0.25, 0.3) is 0 Å². The van der Waals surface area contributed by atoms with E-state index in [-0.39, 0.29) is 0 Å². The van der Waals surface area contributed by atoms with Crippen molar-refractivity contribution in [3.63, 3.8) is 0 Å². The van der Waals surface area contributed by atoms with Gasteiger partial charge in [-0.2, -0.15) is 5.26 Å². The van der Waals surface area contributed by atoms with Crippen molar-refractivity contribution in [2.45, 2.75) is 5.33 Å². The van der Waals surface area contributed by atoms with E-state index in [2.05, 4.69) is 22.0 Å².